The van der Waals surface area contributed by atoms with E-state index in [1.165, 1.54) is 6.20 Å². The molecule has 0 spiro atoms. The van der Waals surface area contributed by atoms with Crippen LogP contribution in [0.15, 0.2) is 24.4 Å². The lowest BCUT2D eigenvalue weighted by atomic mass is 10.1. The minimum Gasteiger partial charge on any atom is -0.412 e. The fourth-order valence-corrected chi connectivity index (χ4v) is 2.02. The van der Waals surface area contributed by atoms with E-state index in [9.17, 15) is 5.21 Å². The Morgan fingerprint density at radius 1 is 1.16 bits per heavy atom. The van der Waals surface area contributed by atoms with E-state index in [1.54, 1.807) is 18.2 Å². The molecule has 1 aliphatic heterocycles. The molecular weight excluding hydrogens is 248 g/mol. The maximum atomic E-state index is 9.32. The van der Waals surface area contributed by atoms with Crippen molar-refractivity contribution in [3.63, 3.8) is 0 Å². The van der Waals surface area contributed by atoms with E-state index in [-0.39, 0.29) is 18.6 Å². The van der Waals surface area contributed by atoms with Gasteiger partial charge in [0.1, 0.15) is 5.69 Å². The van der Waals surface area contributed by atoms with E-state index in [0.717, 1.165) is 5.69 Å². The topological polar surface area (TPSA) is 106 Å². The number of fused-ring (bicyclic) bond motifs is 1. The zero-order valence-corrected chi connectivity index (χ0v) is 10.3. The maximum absolute atomic E-state index is 9.32. The number of benzene rings is 1. The molecule has 7 heteroatoms. The summed E-state index contributed by atoms with van der Waals surface area (Å²) in [7, 11) is 0. The molecule has 2 rings (SSSR count). The molecule has 0 saturated heterocycles. The van der Waals surface area contributed by atoms with Crippen LogP contribution in [0.2, 0.25) is 0 Å². The Labute approximate surface area is 109 Å². The second kappa shape index (κ2) is 5.68. The second-order valence-corrected chi connectivity index (χ2v) is 4.06. The lowest BCUT2D eigenvalue weighted by Crippen LogP contribution is -2.31. The molecule has 0 bridgehead atoms. The van der Waals surface area contributed by atoms with Crippen LogP contribution in [-0.4, -0.2) is 51.7 Å². The second-order valence-electron chi connectivity index (χ2n) is 4.06. The number of aliphatic hydroxyl groups excluding tert-OH is 2. The molecule has 0 fully saturated rings. The van der Waals surface area contributed by atoms with Crippen LogP contribution in [0.5, 0.6) is 0 Å². The highest BCUT2D eigenvalue weighted by atomic mass is 16.5. The largest absolute Gasteiger partial charge is 0.412 e. The predicted molar refractivity (Wildman–Crippen MR) is 68.3 cm³/mol. The summed E-state index contributed by atoms with van der Waals surface area (Å²) in [5, 5.41) is 39.3. The number of rotatable bonds is 5. The van der Waals surface area contributed by atoms with Gasteiger partial charge in [0.05, 0.1) is 24.8 Å². The van der Waals surface area contributed by atoms with Gasteiger partial charge in [0.2, 0.25) is 0 Å². The van der Waals surface area contributed by atoms with Crippen LogP contribution >= 0.6 is 0 Å². The minimum atomic E-state index is -0.0373. The quantitative estimate of drug-likeness (QED) is 0.545. The first-order valence-corrected chi connectivity index (χ1v) is 5.90. The number of nitrogens with zero attached hydrogens (tertiary/aromatic N) is 3. The molecule has 0 aromatic rings. The molecule has 0 unspecified atom stereocenters. The average molecular weight is 264 g/mol. The van der Waals surface area contributed by atoms with Crippen molar-refractivity contribution in [2.75, 3.05) is 31.2 Å². The van der Waals surface area contributed by atoms with E-state index in [2.05, 4.69) is 5.10 Å². The summed E-state index contributed by atoms with van der Waals surface area (Å²) in [5.74, 6) is 0. The Morgan fingerprint density at radius 2 is 1.84 bits per heavy atom. The molecule has 2 aliphatic rings. The van der Waals surface area contributed by atoms with Crippen LogP contribution in [0.4, 0.5) is 5.69 Å². The van der Waals surface area contributed by atoms with Crippen LogP contribution in [0.1, 0.15) is 0 Å². The third-order valence-electron chi connectivity index (χ3n) is 2.85. The molecule has 0 saturated carbocycles. The van der Waals surface area contributed by atoms with Gasteiger partial charge < -0.3 is 20.3 Å². The number of nitrogens with one attached hydrogen (secondary N) is 1. The first-order chi connectivity index (χ1) is 9.17. The SMILES string of the molecule is N=c1ccc(N(CCO)CCO)c2ccn(O)nc1-2. The predicted octanol–water partition coefficient (Wildman–Crippen LogP) is -0.504. The van der Waals surface area contributed by atoms with E-state index in [4.69, 9.17) is 15.6 Å². The van der Waals surface area contributed by atoms with Crippen molar-refractivity contribution < 1.29 is 15.4 Å². The Hall–Kier alpha value is -2.12. The van der Waals surface area contributed by atoms with Gasteiger partial charge in [-0.2, -0.15) is 0 Å². The molecule has 7 nitrogen and oxygen atoms in total. The standard InChI is InChI=1S/C12H16N4O3/c13-10-1-2-11(15(5-7-17)6-8-18)9-3-4-16(19)14-12(9)10/h1-4,13,17-19H,5-8H2. The first-order valence-electron chi connectivity index (χ1n) is 5.90. The average Bonchev–Trinajstić information content (AvgIpc) is 2.40. The summed E-state index contributed by atoms with van der Waals surface area (Å²) in [6.45, 7) is 0.677. The summed E-state index contributed by atoms with van der Waals surface area (Å²) in [6.07, 6.45) is 1.38. The van der Waals surface area contributed by atoms with Crippen molar-refractivity contribution in [1.82, 2.24) is 9.94 Å². The van der Waals surface area contributed by atoms with Crippen molar-refractivity contribution in [2.45, 2.75) is 0 Å². The molecule has 0 amide bonds. The molecule has 1 heterocycles. The smallest absolute Gasteiger partial charge is 0.121 e. The fraction of sp³-hybridized carbons (Fsp3) is 0.333. The highest BCUT2D eigenvalue weighted by molar-refractivity contribution is 5.76. The van der Waals surface area contributed by atoms with Crippen molar-refractivity contribution in [3.05, 3.63) is 29.8 Å². The van der Waals surface area contributed by atoms with Crippen molar-refractivity contribution >= 4 is 5.69 Å². The Morgan fingerprint density at radius 3 is 2.47 bits per heavy atom. The van der Waals surface area contributed by atoms with Gasteiger partial charge in [0, 0.05) is 24.3 Å². The van der Waals surface area contributed by atoms with E-state index < -0.39 is 0 Å². The molecule has 19 heavy (non-hydrogen) atoms. The summed E-state index contributed by atoms with van der Waals surface area (Å²) in [4.78, 5) is 2.47. The van der Waals surface area contributed by atoms with Crippen LogP contribution in [0.3, 0.4) is 0 Å². The Kier molecular flexibility index (Phi) is 3.98. The zero-order valence-electron chi connectivity index (χ0n) is 10.3. The van der Waals surface area contributed by atoms with Gasteiger partial charge in [-0.1, -0.05) is 0 Å². The van der Waals surface area contributed by atoms with Crippen molar-refractivity contribution in [2.24, 2.45) is 0 Å². The number of hydrogen-bond donors (Lipinski definition) is 4. The maximum Gasteiger partial charge on any atom is 0.121 e. The molecular formula is C12H16N4O3. The lowest BCUT2D eigenvalue weighted by Gasteiger charge is -2.26. The molecule has 0 aromatic heterocycles. The Balaban J connectivity index is 2.54. The summed E-state index contributed by atoms with van der Waals surface area (Å²) in [5.41, 5.74) is 1.82. The highest BCUT2D eigenvalue weighted by Crippen LogP contribution is 2.27. The third-order valence-corrected chi connectivity index (χ3v) is 2.85. The van der Waals surface area contributed by atoms with Crippen LogP contribution in [0.25, 0.3) is 11.3 Å². The van der Waals surface area contributed by atoms with Gasteiger partial charge in [-0.3, -0.25) is 5.41 Å². The van der Waals surface area contributed by atoms with Crippen LogP contribution in [-0.2, 0) is 0 Å². The summed E-state index contributed by atoms with van der Waals surface area (Å²) < 4.78 is 0. The number of aliphatic hydroxyl groups is 2. The van der Waals surface area contributed by atoms with E-state index >= 15 is 0 Å². The van der Waals surface area contributed by atoms with Gasteiger partial charge >= 0.3 is 0 Å². The third kappa shape index (κ3) is 2.67. The molecule has 0 atom stereocenters. The molecule has 4 N–H and O–H groups in total. The van der Waals surface area contributed by atoms with Crippen molar-refractivity contribution in [1.29, 1.82) is 5.41 Å². The molecule has 1 aliphatic carbocycles. The van der Waals surface area contributed by atoms with Gasteiger partial charge in [0.15, 0.2) is 0 Å². The van der Waals surface area contributed by atoms with E-state index in [0.29, 0.717) is 29.2 Å². The molecule has 0 aromatic carbocycles. The number of hydrogen-bond acceptors (Lipinski definition) is 6. The Bertz CT molecular complexity index is 578. The van der Waals surface area contributed by atoms with Gasteiger partial charge in [-0.05, 0) is 18.2 Å². The first kappa shape index (κ1) is 13.3. The monoisotopic (exact) mass is 264 g/mol. The molecule has 0 radical (unpaired) electrons. The van der Waals surface area contributed by atoms with E-state index in [1.807, 2.05) is 4.90 Å². The van der Waals surface area contributed by atoms with Crippen molar-refractivity contribution in [3.8, 4) is 11.3 Å². The van der Waals surface area contributed by atoms with Gasteiger partial charge in [0.25, 0.3) is 0 Å². The number of aromatic nitrogens is 2. The van der Waals surface area contributed by atoms with Gasteiger partial charge in [-0.15, -0.1) is 9.94 Å². The summed E-state index contributed by atoms with van der Waals surface area (Å²) in [6, 6.07) is 4.98. The zero-order chi connectivity index (χ0) is 13.8. The molecule has 102 valence electrons. The normalized spacial score (nSPS) is 10.8. The van der Waals surface area contributed by atoms with Crippen LogP contribution in [0, 0.1) is 5.41 Å². The number of anilines is 1. The summed E-state index contributed by atoms with van der Waals surface area (Å²) >= 11 is 0. The fourth-order valence-electron chi connectivity index (χ4n) is 2.02. The minimum absolute atomic E-state index is 0.0373. The highest BCUT2D eigenvalue weighted by Gasteiger charge is 2.16. The lowest BCUT2D eigenvalue weighted by molar-refractivity contribution is 0.144. The van der Waals surface area contributed by atoms with Crippen LogP contribution < -0.4 is 10.3 Å². The van der Waals surface area contributed by atoms with Gasteiger partial charge in [-0.25, -0.2) is 0 Å².